The number of rotatable bonds is 3. The van der Waals surface area contributed by atoms with E-state index >= 15 is 0 Å². The van der Waals surface area contributed by atoms with Gasteiger partial charge in [0, 0.05) is 41.5 Å². The summed E-state index contributed by atoms with van der Waals surface area (Å²) in [6, 6.07) is 13.4. The number of ether oxygens (including phenoxy) is 1. The molecule has 0 bridgehead atoms. The van der Waals surface area contributed by atoms with Crippen molar-refractivity contribution in [1.82, 2.24) is 4.90 Å². The summed E-state index contributed by atoms with van der Waals surface area (Å²) >= 11 is 1.79. The Balaban J connectivity index is 1.60. The summed E-state index contributed by atoms with van der Waals surface area (Å²) in [5.41, 5.74) is 3.45. The van der Waals surface area contributed by atoms with Gasteiger partial charge in [-0.2, -0.15) is 0 Å². The molecule has 4 rings (SSSR count). The van der Waals surface area contributed by atoms with Crippen LogP contribution in [0.2, 0.25) is 0 Å². The van der Waals surface area contributed by atoms with Crippen molar-refractivity contribution in [2.24, 2.45) is 0 Å². The molecular formula is C21H22N2O3S. The molecule has 0 spiro atoms. The topological polar surface area (TPSA) is 49.9 Å². The second-order valence-corrected chi connectivity index (χ2v) is 7.86. The van der Waals surface area contributed by atoms with E-state index < -0.39 is 0 Å². The van der Waals surface area contributed by atoms with Gasteiger partial charge in [-0.05, 0) is 55.3 Å². The van der Waals surface area contributed by atoms with Crippen molar-refractivity contribution >= 4 is 35.0 Å². The summed E-state index contributed by atoms with van der Waals surface area (Å²) in [6.07, 6.45) is 2.20. The average molecular weight is 382 g/mol. The summed E-state index contributed by atoms with van der Waals surface area (Å²) in [5.74, 6) is 0.754. The van der Waals surface area contributed by atoms with Crippen LogP contribution in [0.4, 0.5) is 11.4 Å². The molecule has 1 amide bonds. The molecule has 1 fully saturated rings. The molecule has 0 N–H and O–H groups in total. The van der Waals surface area contributed by atoms with Crippen molar-refractivity contribution < 1.29 is 14.3 Å². The zero-order valence-corrected chi connectivity index (χ0v) is 16.1. The van der Waals surface area contributed by atoms with Gasteiger partial charge in [-0.3, -0.25) is 4.79 Å². The number of thioether (sulfide) groups is 1. The van der Waals surface area contributed by atoms with E-state index in [-0.39, 0.29) is 11.9 Å². The third kappa shape index (κ3) is 3.54. The minimum absolute atomic E-state index is 0.135. The first-order valence-electron chi connectivity index (χ1n) is 9.19. The highest BCUT2D eigenvalue weighted by atomic mass is 32.2. The number of amides is 1. The molecule has 6 heteroatoms. The SMILES string of the molecule is COC(=O)c1ccc(N2CCSc3cc(C(=O)N4CCCC4)ccc32)cc1. The first kappa shape index (κ1) is 17.9. The fraction of sp³-hybridized carbons (Fsp3) is 0.333. The average Bonchev–Trinajstić information content (AvgIpc) is 3.27. The lowest BCUT2D eigenvalue weighted by molar-refractivity contribution is 0.0600. The minimum Gasteiger partial charge on any atom is -0.465 e. The summed E-state index contributed by atoms with van der Waals surface area (Å²) in [5, 5.41) is 0. The molecule has 2 aliphatic heterocycles. The van der Waals surface area contributed by atoms with E-state index in [4.69, 9.17) is 4.74 Å². The zero-order valence-electron chi connectivity index (χ0n) is 15.3. The van der Waals surface area contributed by atoms with E-state index in [9.17, 15) is 9.59 Å². The Kier molecular flexibility index (Phi) is 5.07. The Labute approximate surface area is 163 Å². The molecule has 2 aromatic rings. The molecule has 1 saturated heterocycles. The maximum absolute atomic E-state index is 12.7. The maximum Gasteiger partial charge on any atom is 0.337 e. The molecule has 5 nitrogen and oxygen atoms in total. The smallest absolute Gasteiger partial charge is 0.337 e. The number of nitrogens with zero attached hydrogens (tertiary/aromatic N) is 2. The van der Waals surface area contributed by atoms with Crippen LogP contribution in [-0.2, 0) is 4.74 Å². The van der Waals surface area contributed by atoms with Crippen LogP contribution in [0.15, 0.2) is 47.4 Å². The van der Waals surface area contributed by atoms with Crippen LogP contribution in [0, 0.1) is 0 Å². The van der Waals surface area contributed by atoms with Crippen LogP contribution < -0.4 is 4.90 Å². The molecule has 140 valence electrons. The van der Waals surface area contributed by atoms with Crippen LogP contribution in [-0.4, -0.2) is 49.3 Å². The second kappa shape index (κ2) is 7.64. The van der Waals surface area contributed by atoms with Gasteiger partial charge in [0.05, 0.1) is 18.4 Å². The van der Waals surface area contributed by atoms with E-state index in [0.717, 1.165) is 60.1 Å². The monoisotopic (exact) mass is 382 g/mol. The maximum atomic E-state index is 12.7. The summed E-state index contributed by atoms with van der Waals surface area (Å²) in [7, 11) is 1.38. The quantitative estimate of drug-likeness (QED) is 0.752. The number of fused-ring (bicyclic) bond motifs is 1. The second-order valence-electron chi connectivity index (χ2n) is 6.72. The Morgan fingerprint density at radius 1 is 0.963 bits per heavy atom. The van der Waals surface area contributed by atoms with E-state index in [1.807, 2.05) is 35.2 Å². The number of hydrogen-bond acceptors (Lipinski definition) is 5. The molecule has 27 heavy (non-hydrogen) atoms. The van der Waals surface area contributed by atoms with E-state index in [0.29, 0.717) is 5.56 Å². The van der Waals surface area contributed by atoms with Gasteiger partial charge in [-0.1, -0.05) is 0 Å². The van der Waals surface area contributed by atoms with Crippen molar-refractivity contribution in [3.05, 3.63) is 53.6 Å². The highest BCUT2D eigenvalue weighted by molar-refractivity contribution is 7.99. The van der Waals surface area contributed by atoms with E-state index in [1.165, 1.54) is 7.11 Å². The van der Waals surface area contributed by atoms with Crippen LogP contribution in [0.3, 0.4) is 0 Å². The Bertz CT molecular complexity index is 860. The predicted octanol–water partition coefficient (Wildman–Crippen LogP) is 3.95. The molecule has 2 heterocycles. The first-order chi connectivity index (χ1) is 13.2. The lowest BCUT2D eigenvalue weighted by atomic mass is 10.1. The van der Waals surface area contributed by atoms with Gasteiger partial charge in [0.15, 0.2) is 0 Å². The fourth-order valence-corrected chi connectivity index (χ4v) is 4.65. The van der Waals surface area contributed by atoms with Crippen molar-refractivity contribution in [2.75, 3.05) is 37.4 Å². The summed E-state index contributed by atoms with van der Waals surface area (Å²) in [6.45, 7) is 2.61. The number of carbonyl (C=O) groups excluding carboxylic acids is 2. The lowest BCUT2D eigenvalue weighted by Crippen LogP contribution is -2.28. The number of carbonyl (C=O) groups is 2. The van der Waals surface area contributed by atoms with Crippen molar-refractivity contribution in [2.45, 2.75) is 17.7 Å². The molecule has 0 unspecified atom stereocenters. The summed E-state index contributed by atoms with van der Waals surface area (Å²) < 4.78 is 4.76. The third-order valence-electron chi connectivity index (χ3n) is 5.06. The van der Waals surface area contributed by atoms with Gasteiger partial charge in [-0.25, -0.2) is 4.79 Å². The zero-order chi connectivity index (χ0) is 18.8. The van der Waals surface area contributed by atoms with Gasteiger partial charge in [0.1, 0.15) is 0 Å². The molecule has 0 aliphatic carbocycles. The molecule has 2 aliphatic rings. The van der Waals surface area contributed by atoms with Crippen LogP contribution >= 0.6 is 11.8 Å². The van der Waals surface area contributed by atoms with Crippen LogP contribution in [0.1, 0.15) is 33.6 Å². The molecule has 0 atom stereocenters. The third-order valence-corrected chi connectivity index (χ3v) is 6.09. The van der Waals surface area contributed by atoms with Gasteiger partial charge >= 0.3 is 5.97 Å². The first-order valence-corrected chi connectivity index (χ1v) is 10.2. The van der Waals surface area contributed by atoms with Gasteiger partial charge in [0.2, 0.25) is 0 Å². The van der Waals surface area contributed by atoms with Crippen molar-refractivity contribution in [3.8, 4) is 0 Å². The molecule has 2 aromatic carbocycles. The van der Waals surface area contributed by atoms with Gasteiger partial charge in [0.25, 0.3) is 5.91 Å². The molecular weight excluding hydrogens is 360 g/mol. The number of likely N-dealkylation sites (tertiary alicyclic amines) is 1. The predicted molar refractivity (Wildman–Crippen MR) is 107 cm³/mol. The van der Waals surface area contributed by atoms with Gasteiger partial charge < -0.3 is 14.5 Å². The number of esters is 1. The lowest BCUT2D eigenvalue weighted by Gasteiger charge is -2.31. The fourth-order valence-electron chi connectivity index (χ4n) is 3.62. The molecule has 0 aromatic heterocycles. The Hall–Kier alpha value is -2.47. The molecule has 0 saturated carbocycles. The standard InChI is InChI=1S/C21H22N2O3S/c1-26-21(25)15-4-7-17(8-5-15)23-12-13-27-19-14-16(6-9-18(19)23)20(24)22-10-2-3-11-22/h4-9,14H,2-3,10-13H2,1H3. The van der Waals surface area contributed by atoms with Crippen molar-refractivity contribution in [1.29, 1.82) is 0 Å². The number of benzene rings is 2. The number of methoxy groups -OCH3 is 1. The minimum atomic E-state index is -0.332. The van der Waals surface area contributed by atoms with Crippen LogP contribution in [0.5, 0.6) is 0 Å². The van der Waals surface area contributed by atoms with E-state index in [2.05, 4.69) is 4.90 Å². The Morgan fingerprint density at radius 2 is 1.67 bits per heavy atom. The van der Waals surface area contributed by atoms with E-state index in [1.54, 1.807) is 23.9 Å². The van der Waals surface area contributed by atoms with Crippen molar-refractivity contribution in [3.63, 3.8) is 0 Å². The van der Waals surface area contributed by atoms with Gasteiger partial charge in [-0.15, -0.1) is 11.8 Å². The highest BCUT2D eigenvalue weighted by Gasteiger charge is 2.24. The highest BCUT2D eigenvalue weighted by Crippen LogP contribution is 2.39. The summed E-state index contributed by atoms with van der Waals surface area (Å²) in [4.78, 5) is 29.6. The number of hydrogen-bond donors (Lipinski definition) is 0. The Morgan fingerprint density at radius 3 is 2.37 bits per heavy atom. The largest absolute Gasteiger partial charge is 0.465 e. The number of anilines is 2. The van der Waals surface area contributed by atoms with Crippen LogP contribution in [0.25, 0.3) is 0 Å². The normalized spacial score (nSPS) is 16.2. The molecule has 0 radical (unpaired) electrons.